The third-order valence-electron chi connectivity index (χ3n) is 2.14. The molecule has 2 rings (SSSR count). The van der Waals surface area contributed by atoms with Crippen molar-refractivity contribution in [1.82, 2.24) is 4.98 Å². The molecule has 0 radical (unpaired) electrons. The number of pyridine rings is 1. The Balaban J connectivity index is 2.59. The Kier molecular flexibility index (Phi) is 2.84. The molecule has 0 aliphatic carbocycles. The molecule has 78 valence electrons. The fraction of sp³-hybridized carbons (Fsp3) is 0. The number of nitrogens with zero attached hydrogens (tertiary/aromatic N) is 2. The standard InChI is InChI=1S/C12H6ClFN2/c13-12-8(6-15)5-9(7-16-12)10-3-1-2-4-11(10)14/h1-5,7H. The average Bonchev–Trinajstić information content (AvgIpc) is 2.31. The Morgan fingerprint density at radius 2 is 2.06 bits per heavy atom. The first-order chi connectivity index (χ1) is 7.72. The van der Waals surface area contributed by atoms with Gasteiger partial charge in [-0.1, -0.05) is 29.8 Å². The molecular weight excluding hydrogens is 227 g/mol. The summed E-state index contributed by atoms with van der Waals surface area (Å²) in [5, 5.41) is 8.92. The van der Waals surface area contributed by atoms with Crippen LogP contribution in [0.2, 0.25) is 5.15 Å². The van der Waals surface area contributed by atoms with Crippen molar-refractivity contribution in [3.05, 3.63) is 53.1 Å². The molecule has 0 aliphatic rings. The molecule has 2 nitrogen and oxygen atoms in total. The molecule has 0 N–H and O–H groups in total. The zero-order chi connectivity index (χ0) is 11.5. The number of nitriles is 1. The van der Waals surface area contributed by atoms with Gasteiger partial charge in [-0.05, 0) is 12.1 Å². The first-order valence-corrected chi connectivity index (χ1v) is 4.90. The fourth-order valence-electron chi connectivity index (χ4n) is 1.37. The maximum Gasteiger partial charge on any atom is 0.146 e. The second-order valence-electron chi connectivity index (χ2n) is 3.15. The van der Waals surface area contributed by atoms with Gasteiger partial charge in [0.15, 0.2) is 0 Å². The molecule has 0 spiro atoms. The van der Waals surface area contributed by atoms with E-state index in [0.29, 0.717) is 11.1 Å². The van der Waals surface area contributed by atoms with Gasteiger partial charge in [-0.15, -0.1) is 0 Å². The van der Waals surface area contributed by atoms with Gasteiger partial charge in [0.05, 0.1) is 5.56 Å². The highest BCUT2D eigenvalue weighted by Gasteiger charge is 2.07. The molecule has 0 fully saturated rings. The minimum atomic E-state index is -0.351. The number of hydrogen-bond donors (Lipinski definition) is 0. The van der Waals surface area contributed by atoms with Gasteiger partial charge in [0.25, 0.3) is 0 Å². The van der Waals surface area contributed by atoms with Crippen LogP contribution in [0.25, 0.3) is 11.1 Å². The van der Waals surface area contributed by atoms with E-state index in [2.05, 4.69) is 4.98 Å². The van der Waals surface area contributed by atoms with E-state index in [4.69, 9.17) is 16.9 Å². The molecule has 0 atom stereocenters. The van der Waals surface area contributed by atoms with Gasteiger partial charge in [0, 0.05) is 17.3 Å². The van der Waals surface area contributed by atoms with Gasteiger partial charge in [-0.25, -0.2) is 9.37 Å². The first-order valence-electron chi connectivity index (χ1n) is 4.53. The van der Waals surface area contributed by atoms with Crippen molar-refractivity contribution in [1.29, 1.82) is 5.26 Å². The van der Waals surface area contributed by atoms with E-state index in [9.17, 15) is 4.39 Å². The zero-order valence-electron chi connectivity index (χ0n) is 8.11. The Labute approximate surface area is 96.9 Å². The van der Waals surface area contributed by atoms with E-state index >= 15 is 0 Å². The fourth-order valence-corrected chi connectivity index (χ4v) is 1.51. The van der Waals surface area contributed by atoms with Crippen LogP contribution in [0.3, 0.4) is 0 Å². The molecule has 0 saturated carbocycles. The third kappa shape index (κ3) is 1.88. The molecule has 0 saturated heterocycles. The molecule has 1 heterocycles. The topological polar surface area (TPSA) is 36.7 Å². The van der Waals surface area contributed by atoms with Crippen LogP contribution in [0, 0.1) is 17.1 Å². The smallest absolute Gasteiger partial charge is 0.146 e. The van der Waals surface area contributed by atoms with Crippen LogP contribution in [0.1, 0.15) is 5.56 Å². The quantitative estimate of drug-likeness (QED) is 0.707. The average molecular weight is 233 g/mol. The molecule has 0 bridgehead atoms. The second kappa shape index (κ2) is 4.30. The van der Waals surface area contributed by atoms with Crippen LogP contribution >= 0.6 is 11.6 Å². The van der Waals surface area contributed by atoms with Gasteiger partial charge in [-0.3, -0.25) is 0 Å². The van der Waals surface area contributed by atoms with Crippen LogP contribution in [-0.4, -0.2) is 4.98 Å². The van der Waals surface area contributed by atoms with Gasteiger partial charge in [-0.2, -0.15) is 5.26 Å². The zero-order valence-corrected chi connectivity index (χ0v) is 8.87. The van der Waals surface area contributed by atoms with Crippen molar-refractivity contribution in [3.8, 4) is 17.2 Å². The van der Waals surface area contributed by atoms with E-state index in [1.54, 1.807) is 18.2 Å². The molecule has 1 aromatic heterocycles. The van der Waals surface area contributed by atoms with Crippen molar-refractivity contribution in [2.24, 2.45) is 0 Å². The molecule has 1 aromatic carbocycles. The highest BCUT2D eigenvalue weighted by atomic mass is 35.5. The van der Waals surface area contributed by atoms with Crippen molar-refractivity contribution < 1.29 is 4.39 Å². The minimum absolute atomic E-state index is 0.127. The van der Waals surface area contributed by atoms with E-state index in [0.717, 1.165) is 0 Å². The number of halogens is 2. The lowest BCUT2D eigenvalue weighted by Gasteiger charge is -2.03. The Morgan fingerprint density at radius 1 is 1.31 bits per heavy atom. The molecule has 0 aliphatic heterocycles. The maximum absolute atomic E-state index is 13.5. The van der Waals surface area contributed by atoms with Crippen molar-refractivity contribution in [2.45, 2.75) is 0 Å². The van der Waals surface area contributed by atoms with E-state index in [-0.39, 0.29) is 16.5 Å². The van der Waals surface area contributed by atoms with Crippen LogP contribution < -0.4 is 0 Å². The number of aromatic nitrogens is 1. The van der Waals surface area contributed by atoms with E-state index in [1.165, 1.54) is 18.3 Å². The molecule has 2 aromatic rings. The summed E-state index contributed by atoms with van der Waals surface area (Å²) >= 11 is 5.70. The lowest BCUT2D eigenvalue weighted by atomic mass is 10.1. The highest BCUT2D eigenvalue weighted by molar-refractivity contribution is 6.30. The van der Waals surface area contributed by atoms with Crippen LogP contribution in [-0.2, 0) is 0 Å². The minimum Gasteiger partial charge on any atom is -0.243 e. The highest BCUT2D eigenvalue weighted by Crippen LogP contribution is 2.24. The monoisotopic (exact) mass is 232 g/mol. The summed E-state index contributed by atoms with van der Waals surface area (Å²) in [7, 11) is 0. The van der Waals surface area contributed by atoms with Crippen LogP contribution in [0.15, 0.2) is 36.5 Å². The van der Waals surface area contributed by atoms with Crippen molar-refractivity contribution in [3.63, 3.8) is 0 Å². The van der Waals surface area contributed by atoms with Gasteiger partial charge < -0.3 is 0 Å². The van der Waals surface area contributed by atoms with Crippen LogP contribution in [0.5, 0.6) is 0 Å². The molecule has 0 unspecified atom stereocenters. The summed E-state index contributed by atoms with van der Waals surface area (Å²) < 4.78 is 13.5. The summed E-state index contributed by atoms with van der Waals surface area (Å²) in [5.41, 5.74) is 1.18. The summed E-state index contributed by atoms with van der Waals surface area (Å²) in [6, 6.07) is 9.74. The normalized spacial score (nSPS) is 9.81. The molecular formula is C12H6ClFN2. The number of rotatable bonds is 1. The van der Waals surface area contributed by atoms with Crippen molar-refractivity contribution >= 4 is 11.6 Å². The summed E-state index contributed by atoms with van der Waals surface area (Å²) in [4.78, 5) is 3.84. The lowest BCUT2D eigenvalue weighted by molar-refractivity contribution is 0.631. The van der Waals surface area contributed by atoms with Gasteiger partial charge >= 0.3 is 0 Å². The predicted molar refractivity (Wildman–Crippen MR) is 59.4 cm³/mol. The maximum atomic E-state index is 13.5. The Hall–Kier alpha value is -1.92. The largest absolute Gasteiger partial charge is 0.243 e. The Bertz CT molecular complexity index is 575. The van der Waals surface area contributed by atoms with E-state index in [1.807, 2.05) is 6.07 Å². The molecule has 16 heavy (non-hydrogen) atoms. The van der Waals surface area contributed by atoms with Gasteiger partial charge in [0.2, 0.25) is 0 Å². The Morgan fingerprint density at radius 3 is 2.75 bits per heavy atom. The predicted octanol–water partition coefficient (Wildman–Crippen LogP) is 3.41. The third-order valence-corrected chi connectivity index (χ3v) is 2.45. The number of hydrogen-bond acceptors (Lipinski definition) is 2. The van der Waals surface area contributed by atoms with Gasteiger partial charge in [0.1, 0.15) is 17.0 Å². The second-order valence-corrected chi connectivity index (χ2v) is 3.51. The summed E-state index contributed by atoms with van der Waals surface area (Å²) in [5.74, 6) is -0.351. The lowest BCUT2D eigenvalue weighted by Crippen LogP contribution is -1.88. The summed E-state index contributed by atoms with van der Waals surface area (Å²) in [6.45, 7) is 0. The van der Waals surface area contributed by atoms with E-state index < -0.39 is 0 Å². The SMILES string of the molecule is N#Cc1cc(-c2ccccc2F)cnc1Cl. The number of benzene rings is 1. The van der Waals surface area contributed by atoms with Crippen LogP contribution in [0.4, 0.5) is 4.39 Å². The first kappa shape index (κ1) is 10.6. The van der Waals surface area contributed by atoms with Crippen molar-refractivity contribution in [2.75, 3.05) is 0 Å². The molecule has 4 heteroatoms. The summed E-state index contributed by atoms with van der Waals surface area (Å²) in [6.07, 6.45) is 1.45. The molecule has 0 amide bonds.